The third-order valence-electron chi connectivity index (χ3n) is 14.6. The van der Waals surface area contributed by atoms with Crippen molar-refractivity contribution in [2.24, 2.45) is 0 Å². The Morgan fingerprint density at radius 2 is 0.771 bits per heavy atom. The number of fused-ring (bicyclic) bond motifs is 20. The number of pyridine rings is 1. The summed E-state index contributed by atoms with van der Waals surface area (Å²) in [5.41, 5.74) is 6.92. The van der Waals surface area contributed by atoms with Crippen LogP contribution >= 0.6 is 35.3 Å². The van der Waals surface area contributed by atoms with Crippen molar-refractivity contribution in [3.63, 3.8) is 0 Å². The minimum Gasteiger partial charge on any atom is -0.357 e. The molecule has 2 aliphatic heterocycles. The first-order valence-electron chi connectivity index (χ1n) is 27.4. The fraction of sp³-hybridized carbons (Fsp3) is 0.188. The van der Waals surface area contributed by atoms with E-state index < -0.39 is 0 Å². The Bertz CT molecular complexity index is 4240. The van der Waals surface area contributed by atoms with Gasteiger partial charge in [0.05, 0.1) is 28.8 Å². The maximum atomic E-state index is 13.4. The van der Waals surface area contributed by atoms with E-state index in [-0.39, 0.29) is 34.8 Å². The Morgan fingerprint density at radius 1 is 0.398 bits per heavy atom. The van der Waals surface area contributed by atoms with E-state index in [9.17, 15) is 14.4 Å². The van der Waals surface area contributed by atoms with Gasteiger partial charge >= 0.3 is 17.1 Å². The van der Waals surface area contributed by atoms with Crippen molar-refractivity contribution in [3.8, 4) is 45.6 Å². The molecule has 0 spiro atoms. The molecule has 6 aromatic carbocycles. The quantitative estimate of drug-likeness (QED) is 0.0884. The molecule has 6 heterocycles. The van der Waals surface area contributed by atoms with Crippen LogP contribution in [0.25, 0.3) is 89.8 Å². The fourth-order valence-electron chi connectivity index (χ4n) is 10.2. The molecule has 12 rings (SSSR count). The molecule has 0 aliphatic carbocycles. The molecule has 417 valence electrons. The van der Waals surface area contributed by atoms with Crippen LogP contribution in [0.15, 0.2) is 175 Å². The van der Waals surface area contributed by atoms with E-state index in [4.69, 9.17) is 44.9 Å². The first-order valence-corrected chi connectivity index (χ1v) is 29.8. The normalized spacial score (nSPS) is 11.5. The topological polar surface area (TPSA) is 179 Å². The van der Waals surface area contributed by atoms with Crippen LogP contribution in [0.2, 0.25) is 0 Å². The number of rotatable bonds is 15. The number of hydrogen-bond acceptors (Lipinski definition) is 13. The van der Waals surface area contributed by atoms with Gasteiger partial charge in [-0.15, -0.1) is 0 Å². The predicted molar refractivity (Wildman–Crippen MR) is 325 cm³/mol. The molecule has 15 nitrogen and oxygen atoms in total. The summed E-state index contributed by atoms with van der Waals surface area (Å²) in [6.45, 7) is 15.6. The van der Waals surface area contributed by atoms with Crippen LogP contribution < -0.4 is 9.97 Å². The van der Waals surface area contributed by atoms with Gasteiger partial charge in [0.2, 0.25) is 0 Å². The molecule has 8 bridgehead atoms. The molecule has 0 saturated carbocycles. The van der Waals surface area contributed by atoms with Crippen LogP contribution in [-0.4, -0.2) is 107 Å². The fourth-order valence-corrected chi connectivity index (χ4v) is 13.2. The number of amides is 3. The maximum Gasteiger partial charge on any atom is 2.00 e. The maximum absolute atomic E-state index is 13.4. The SMILES string of the molecule is CCN(CC)C(=O)c1ccc(Sc2cccc3c2-c2nc-3nc3[n-]c(nc4nc(nc5[n-]c(n2)c2cccc(Sc6ccc(C(=O)N(CC)CC)cc6)c52)-c2cccc(Sc5ccc(C(=O)N(CC)CC)cc5)c2-4)c2ncccc32)cc1.[Cu+2]. The van der Waals surface area contributed by atoms with E-state index in [0.29, 0.717) is 113 Å². The monoisotopic (exact) mass is 1200 g/mol. The van der Waals surface area contributed by atoms with Gasteiger partial charge in [-0.1, -0.05) is 77.8 Å². The molecular weight excluding hydrogens is 1140 g/mol. The third kappa shape index (κ3) is 10.9. The second kappa shape index (κ2) is 24.3. The minimum absolute atomic E-state index is 0. The van der Waals surface area contributed by atoms with Crippen molar-refractivity contribution >= 4 is 97.3 Å². The van der Waals surface area contributed by atoms with Gasteiger partial charge in [-0.2, -0.15) is 0 Å². The van der Waals surface area contributed by atoms with E-state index in [1.54, 1.807) is 41.5 Å². The van der Waals surface area contributed by atoms with Crippen LogP contribution in [0.1, 0.15) is 72.6 Å². The molecule has 0 unspecified atom stereocenters. The van der Waals surface area contributed by atoms with Crippen molar-refractivity contribution in [1.29, 1.82) is 0 Å². The Hall–Kier alpha value is -8.19. The molecule has 83 heavy (non-hydrogen) atoms. The number of carbonyl (C=O) groups is 3. The first-order chi connectivity index (χ1) is 40.1. The smallest absolute Gasteiger partial charge is 0.357 e. The van der Waals surface area contributed by atoms with Crippen molar-refractivity contribution in [2.45, 2.75) is 70.9 Å². The summed E-state index contributed by atoms with van der Waals surface area (Å²) >= 11 is 4.63. The summed E-state index contributed by atoms with van der Waals surface area (Å²) in [6.07, 6.45) is 1.71. The van der Waals surface area contributed by atoms with Crippen molar-refractivity contribution in [3.05, 3.63) is 162 Å². The number of aromatic nitrogens is 9. The third-order valence-corrected chi connectivity index (χ3v) is 17.8. The summed E-state index contributed by atoms with van der Waals surface area (Å²) in [6, 6.07) is 44.9. The van der Waals surface area contributed by atoms with Crippen molar-refractivity contribution < 1.29 is 31.5 Å². The van der Waals surface area contributed by atoms with E-state index in [1.807, 2.05) is 196 Å². The molecule has 0 saturated heterocycles. The molecule has 0 atom stereocenters. The minimum atomic E-state index is -0.0145. The summed E-state index contributed by atoms with van der Waals surface area (Å²) in [4.78, 5) is 97.7. The van der Waals surface area contributed by atoms with Crippen LogP contribution in [0.4, 0.5) is 0 Å². The first kappa shape index (κ1) is 56.7. The standard InChI is InChI=1S/C64H54N12O3S3.Cu/c1-7-74(8-2)62(77)37-24-30-40(31-25-37)80-47-21-13-17-43-50(47)58-67-54(43)66-57-46-20-16-36-65-53(46)61(72-57)73-60-52-45(19-15-23-49(52)82-42-34-28-39(29-35-42)64(79)76(11-5)12-6)56(71-60)70-59-51-44(55(68-58)69-59)18-14-22-48(51)81-41-32-26-38(27-33-41)63(78)75(9-3)10-4;/h13-36H,7-12H2,1-6H3;/q-2;+2. The zero-order valence-electron chi connectivity index (χ0n) is 46.2. The van der Waals surface area contributed by atoms with E-state index in [2.05, 4.69) is 0 Å². The van der Waals surface area contributed by atoms with E-state index in [1.165, 1.54) is 0 Å². The molecule has 10 aromatic rings. The number of benzene rings is 6. The molecular formula is C64H54CuN12O3S3. The number of carbonyl (C=O) groups excluding carboxylic acids is 3. The van der Waals surface area contributed by atoms with Gasteiger partial charge in [-0.05, 0) is 144 Å². The second-order valence-corrected chi connectivity index (χ2v) is 22.6. The molecule has 0 N–H and O–H groups in total. The molecule has 2 aliphatic rings. The van der Waals surface area contributed by atoms with Gasteiger partial charge in [0.1, 0.15) is 0 Å². The molecule has 3 amide bonds. The van der Waals surface area contributed by atoms with Crippen LogP contribution in [0.5, 0.6) is 0 Å². The largest absolute Gasteiger partial charge is 2.00 e. The summed E-state index contributed by atoms with van der Waals surface area (Å²) < 4.78 is 0. The van der Waals surface area contributed by atoms with E-state index in [0.717, 1.165) is 62.4 Å². The van der Waals surface area contributed by atoms with Crippen LogP contribution in [0.3, 0.4) is 0 Å². The van der Waals surface area contributed by atoms with Gasteiger partial charge in [0.25, 0.3) is 17.7 Å². The summed E-state index contributed by atoms with van der Waals surface area (Å²) in [5, 5.41) is 2.18. The summed E-state index contributed by atoms with van der Waals surface area (Å²) in [7, 11) is 0. The molecule has 0 fully saturated rings. The number of nitrogens with zero attached hydrogens (tertiary/aromatic N) is 12. The van der Waals surface area contributed by atoms with Crippen LogP contribution in [-0.2, 0) is 17.1 Å². The molecule has 19 heteroatoms. The molecule has 1 radical (unpaired) electrons. The summed E-state index contributed by atoms with van der Waals surface area (Å²) in [5.74, 6) is 1.55. The average Bonchev–Trinajstić information content (AvgIpc) is 2.48. The Kier molecular flexibility index (Phi) is 16.6. The number of hydrogen-bond donors (Lipinski definition) is 0. The molecule has 4 aromatic heterocycles. The van der Waals surface area contributed by atoms with Gasteiger partial charge < -0.3 is 44.6 Å². The predicted octanol–water partition coefficient (Wildman–Crippen LogP) is 13.4. The second-order valence-electron chi connectivity index (χ2n) is 19.2. The van der Waals surface area contributed by atoms with Crippen LogP contribution in [0, 0.1) is 0 Å². The Balaban J connectivity index is 0.00000721. The van der Waals surface area contributed by atoms with E-state index >= 15 is 0 Å². The zero-order valence-corrected chi connectivity index (χ0v) is 49.6. The van der Waals surface area contributed by atoms with Gasteiger partial charge in [0.15, 0.2) is 0 Å². The van der Waals surface area contributed by atoms with Crippen molar-refractivity contribution in [2.75, 3.05) is 39.3 Å². The average molecular weight is 1200 g/mol. The zero-order chi connectivity index (χ0) is 56.6. The Labute approximate surface area is 503 Å². The van der Waals surface area contributed by atoms with Gasteiger partial charge in [-0.3, -0.25) is 19.4 Å². The van der Waals surface area contributed by atoms with Crippen molar-refractivity contribution in [1.82, 2.24) is 59.6 Å². The van der Waals surface area contributed by atoms with Gasteiger partial charge in [0, 0.05) is 147 Å². The van der Waals surface area contributed by atoms with Gasteiger partial charge in [-0.25, -0.2) is 9.97 Å². The Morgan fingerprint density at radius 3 is 1.24 bits per heavy atom.